The number of ether oxygens (including phenoxy) is 1. The van der Waals surface area contributed by atoms with Crippen molar-refractivity contribution in [3.63, 3.8) is 0 Å². The molecule has 1 saturated heterocycles. The number of nitrogens with one attached hydrogen (secondary N) is 4. The van der Waals surface area contributed by atoms with Gasteiger partial charge in [-0.1, -0.05) is 11.6 Å². The second-order valence-electron chi connectivity index (χ2n) is 8.92. The van der Waals surface area contributed by atoms with Gasteiger partial charge in [0.2, 0.25) is 11.7 Å². The fourth-order valence-corrected chi connectivity index (χ4v) is 4.03. The number of hydrogen-bond donors (Lipinski definition) is 4. The van der Waals surface area contributed by atoms with Gasteiger partial charge in [-0.25, -0.2) is 4.79 Å². The highest BCUT2D eigenvalue weighted by atomic mass is 35.5. The van der Waals surface area contributed by atoms with Crippen LogP contribution in [0.15, 0.2) is 18.2 Å². The van der Waals surface area contributed by atoms with Gasteiger partial charge >= 0.3 is 6.09 Å². The minimum atomic E-state index is -1.21. The van der Waals surface area contributed by atoms with Gasteiger partial charge in [-0.2, -0.15) is 0 Å². The molecule has 4 rings (SSSR count). The van der Waals surface area contributed by atoms with E-state index in [0.717, 1.165) is 32.1 Å². The monoisotopic (exact) mass is 490 g/mol. The van der Waals surface area contributed by atoms with E-state index in [0.29, 0.717) is 13.0 Å². The van der Waals surface area contributed by atoms with E-state index in [-0.39, 0.29) is 40.7 Å². The van der Waals surface area contributed by atoms with Crippen LogP contribution in [0.3, 0.4) is 0 Å². The maximum Gasteiger partial charge on any atom is 0.411 e. The van der Waals surface area contributed by atoms with E-state index < -0.39 is 35.7 Å². The van der Waals surface area contributed by atoms with Crippen LogP contribution in [0.5, 0.6) is 0 Å². The molecule has 0 radical (unpaired) electrons. The van der Waals surface area contributed by atoms with Crippen LogP contribution in [0.25, 0.3) is 0 Å². The number of Topliss-reactive ketones (excluding diaryl/α,β-unsaturated/α-hetero) is 1. The zero-order valence-corrected chi connectivity index (χ0v) is 19.3. The summed E-state index contributed by atoms with van der Waals surface area (Å²) in [6.45, 7) is 0.470. The van der Waals surface area contributed by atoms with Gasteiger partial charge in [-0.05, 0) is 63.1 Å². The summed E-state index contributed by atoms with van der Waals surface area (Å²) in [6.07, 6.45) is 3.84. The molecule has 0 spiro atoms. The number of carbonyl (C=O) groups excluding carboxylic acids is 5. The fraction of sp³-hybridized carbons (Fsp3) is 0.522. The van der Waals surface area contributed by atoms with Crippen molar-refractivity contribution in [3.05, 3.63) is 28.8 Å². The van der Waals surface area contributed by atoms with Crippen LogP contribution < -0.4 is 21.3 Å². The van der Waals surface area contributed by atoms with Crippen molar-refractivity contribution in [3.8, 4) is 0 Å². The van der Waals surface area contributed by atoms with Crippen LogP contribution in [0.1, 0.15) is 55.3 Å². The number of hydrogen-bond acceptors (Lipinski definition) is 6. The Kier molecular flexibility index (Phi) is 7.35. The van der Waals surface area contributed by atoms with Crippen LogP contribution in [-0.4, -0.2) is 54.3 Å². The maximum atomic E-state index is 13.2. The van der Waals surface area contributed by atoms with Crippen LogP contribution in [-0.2, 0) is 19.1 Å². The van der Waals surface area contributed by atoms with Crippen molar-refractivity contribution in [2.75, 3.05) is 11.9 Å². The number of anilines is 1. The second-order valence-corrected chi connectivity index (χ2v) is 9.36. The van der Waals surface area contributed by atoms with Crippen molar-refractivity contribution in [1.82, 2.24) is 16.0 Å². The molecule has 0 aromatic heterocycles. The zero-order chi connectivity index (χ0) is 24.2. The van der Waals surface area contributed by atoms with Crippen LogP contribution in [0, 0.1) is 5.92 Å². The van der Waals surface area contributed by atoms with Crippen LogP contribution in [0.2, 0.25) is 5.02 Å². The van der Waals surface area contributed by atoms with Gasteiger partial charge in [0.15, 0.2) is 0 Å². The average Bonchev–Trinajstić information content (AvgIpc) is 3.50. The number of benzene rings is 1. The molecule has 3 fully saturated rings. The Balaban J connectivity index is 1.49. The molecule has 34 heavy (non-hydrogen) atoms. The van der Waals surface area contributed by atoms with Gasteiger partial charge < -0.3 is 20.7 Å². The molecular formula is C23H27ClN4O6. The van der Waals surface area contributed by atoms with Crippen molar-refractivity contribution >= 4 is 46.9 Å². The summed E-state index contributed by atoms with van der Waals surface area (Å²) in [6, 6.07) is 3.07. The van der Waals surface area contributed by atoms with Crippen LogP contribution >= 0.6 is 11.6 Å². The first-order chi connectivity index (χ1) is 16.3. The van der Waals surface area contributed by atoms with Crippen molar-refractivity contribution < 1.29 is 28.7 Å². The molecule has 11 heteroatoms. The smallest absolute Gasteiger partial charge is 0.411 e. The van der Waals surface area contributed by atoms with Gasteiger partial charge in [0.05, 0.1) is 17.3 Å². The third-order valence-corrected chi connectivity index (χ3v) is 6.47. The molecule has 2 atom stereocenters. The lowest BCUT2D eigenvalue weighted by Gasteiger charge is -2.25. The standard InChI is InChI=1S/C23H27ClN4O6/c24-13-4-7-17(28-23(33)34-15-2-1-3-15)16(11-13)21(31)27-18(10-12-8-9-25-20(12)30)19(29)22(32)26-14-5-6-14/h4,7,11-12,14-15,18H,1-3,5-6,8-10H2,(H,25,30)(H,26,32)(H,27,31)(H,28,33)/t12-,18?/m0/s1. The van der Waals surface area contributed by atoms with Gasteiger partial charge in [0.25, 0.3) is 11.8 Å². The molecule has 2 saturated carbocycles. The van der Waals surface area contributed by atoms with E-state index in [1.807, 2.05) is 0 Å². The molecule has 1 aromatic carbocycles. The Bertz CT molecular complexity index is 1010. The summed E-state index contributed by atoms with van der Waals surface area (Å²) in [5.41, 5.74) is 0.160. The zero-order valence-electron chi connectivity index (χ0n) is 18.5. The summed E-state index contributed by atoms with van der Waals surface area (Å²) < 4.78 is 5.28. The minimum Gasteiger partial charge on any atom is -0.446 e. The average molecular weight is 491 g/mol. The molecule has 4 amide bonds. The molecule has 1 aromatic rings. The van der Waals surface area contributed by atoms with E-state index >= 15 is 0 Å². The Morgan fingerprint density at radius 3 is 2.50 bits per heavy atom. The van der Waals surface area contributed by atoms with Crippen molar-refractivity contribution in [2.45, 2.75) is 63.1 Å². The maximum absolute atomic E-state index is 13.2. The lowest BCUT2D eigenvalue weighted by Crippen LogP contribution is -2.49. The van der Waals surface area contributed by atoms with E-state index in [2.05, 4.69) is 21.3 Å². The number of amides is 4. The lowest BCUT2D eigenvalue weighted by molar-refractivity contribution is -0.139. The third-order valence-electron chi connectivity index (χ3n) is 6.23. The Morgan fingerprint density at radius 1 is 1.12 bits per heavy atom. The predicted molar refractivity (Wildman–Crippen MR) is 122 cm³/mol. The van der Waals surface area contributed by atoms with Gasteiger partial charge in [0, 0.05) is 23.5 Å². The molecule has 2 aliphatic carbocycles. The van der Waals surface area contributed by atoms with Gasteiger partial charge in [-0.15, -0.1) is 0 Å². The molecule has 10 nitrogen and oxygen atoms in total. The van der Waals surface area contributed by atoms with E-state index in [1.165, 1.54) is 18.2 Å². The van der Waals surface area contributed by atoms with Crippen molar-refractivity contribution in [2.24, 2.45) is 5.92 Å². The number of ketones is 1. The summed E-state index contributed by atoms with van der Waals surface area (Å²) in [4.78, 5) is 62.7. The first-order valence-electron chi connectivity index (χ1n) is 11.5. The third kappa shape index (κ3) is 6.05. The van der Waals surface area contributed by atoms with Gasteiger partial charge in [0.1, 0.15) is 6.10 Å². The number of rotatable bonds is 9. The molecule has 0 bridgehead atoms. The highest BCUT2D eigenvalue weighted by Crippen LogP contribution is 2.25. The normalized spacial score (nSPS) is 20.5. The molecule has 1 heterocycles. The SMILES string of the molecule is O=C(Nc1ccc(Cl)cc1C(=O)NC(C[C@@H]1CCNC1=O)C(=O)C(=O)NC1CC1)OC1CCC1. The van der Waals surface area contributed by atoms with E-state index in [9.17, 15) is 24.0 Å². The van der Waals surface area contributed by atoms with Gasteiger partial charge in [-0.3, -0.25) is 24.5 Å². The summed E-state index contributed by atoms with van der Waals surface area (Å²) in [5.74, 6) is -3.05. The van der Waals surface area contributed by atoms with Crippen LogP contribution in [0.4, 0.5) is 10.5 Å². The number of carbonyl (C=O) groups is 5. The first-order valence-corrected chi connectivity index (χ1v) is 11.9. The topological polar surface area (TPSA) is 143 Å². The first kappa shape index (κ1) is 24.0. The highest BCUT2D eigenvalue weighted by molar-refractivity contribution is 6.38. The van der Waals surface area contributed by atoms with Crippen molar-refractivity contribution in [1.29, 1.82) is 0 Å². The Labute approximate surface area is 201 Å². The van der Waals surface area contributed by atoms with E-state index in [4.69, 9.17) is 16.3 Å². The minimum absolute atomic E-state index is 0.00864. The Hall–Kier alpha value is -3.14. The molecule has 4 N–H and O–H groups in total. The fourth-order valence-electron chi connectivity index (χ4n) is 3.86. The molecular weight excluding hydrogens is 464 g/mol. The lowest BCUT2D eigenvalue weighted by atomic mass is 9.95. The molecule has 1 unspecified atom stereocenters. The number of halogens is 1. The summed E-state index contributed by atoms with van der Waals surface area (Å²) >= 11 is 6.08. The predicted octanol–water partition coefficient (Wildman–Crippen LogP) is 1.91. The quantitative estimate of drug-likeness (QED) is 0.389. The highest BCUT2D eigenvalue weighted by Gasteiger charge is 2.36. The Morgan fingerprint density at radius 2 is 1.88 bits per heavy atom. The summed E-state index contributed by atoms with van der Waals surface area (Å²) in [7, 11) is 0. The molecule has 182 valence electrons. The second kappa shape index (κ2) is 10.4. The van der Waals surface area contributed by atoms with E-state index in [1.54, 1.807) is 0 Å². The largest absolute Gasteiger partial charge is 0.446 e. The molecule has 1 aliphatic heterocycles. The summed E-state index contributed by atoms with van der Waals surface area (Å²) in [5, 5.41) is 10.7. The molecule has 3 aliphatic rings.